The maximum atomic E-state index is 10.3. The quantitative estimate of drug-likeness (QED) is 0.0544. The van der Waals surface area contributed by atoms with Crippen molar-refractivity contribution in [3.8, 4) is 34.5 Å². The van der Waals surface area contributed by atoms with Crippen molar-refractivity contribution in [3.63, 3.8) is 0 Å². The molecule has 18 nitrogen and oxygen atoms in total. The lowest BCUT2D eigenvalue weighted by atomic mass is 10.0. The van der Waals surface area contributed by atoms with Gasteiger partial charge in [0, 0.05) is 24.2 Å². The van der Waals surface area contributed by atoms with Crippen LogP contribution in [0.15, 0.2) is 84.9 Å². The van der Waals surface area contributed by atoms with Gasteiger partial charge in [-0.05, 0) is 85.6 Å². The largest absolute Gasteiger partial charge is 0.493 e. The molecule has 0 saturated carbocycles. The number of hydrogen-bond donors (Lipinski definition) is 12. The Balaban J connectivity index is 0.000000397. The molecule has 0 heterocycles. The standard InChI is InChI=1S/2C20H27NO8.C2H6/c2*1-13-5-4-6-16(9-13)29-12-15(22)11-21-20(25,26)19(23,24)14-7-8-17(27-2)18(10-14)28-3;1-2/h2*4-10,15,21-26H,11-12H2,1-3H3;1-2H3. The van der Waals surface area contributed by atoms with Crippen LogP contribution in [0.1, 0.15) is 36.1 Å². The monoisotopic (exact) mass is 848 g/mol. The van der Waals surface area contributed by atoms with E-state index in [1.54, 1.807) is 36.4 Å². The molecule has 0 aliphatic carbocycles. The van der Waals surface area contributed by atoms with Crippen LogP contribution in [0, 0.1) is 13.8 Å². The van der Waals surface area contributed by atoms with Gasteiger partial charge in [0.05, 0.1) is 28.4 Å². The van der Waals surface area contributed by atoms with Gasteiger partial charge in [0.25, 0.3) is 23.4 Å². The second-order valence-corrected chi connectivity index (χ2v) is 13.2. The second-order valence-electron chi connectivity index (χ2n) is 13.2. The summed E-state index contributed by atoms with van der Waals surface area (Å²) in [6.45, 7) is 6.71. The van der Waals surface area contributed by atoms with Gasteiger partial charge in [-0.25, -0.2) is 0 Å². The van der Waals surface area contributed by atoms with Crippen LogP contribution in [0.3, 0.4) is 0 Å². The van der Waals surface area contributed by atoms with Crippen LogP contribution in [0.4, 0.5) is 0 Å². The third kappa shape index (κ3) is 14.2. The summed E-state index contributed by atoms with van der Waals surface area (Å²) in [6.07, 6.45) is -2.31. The van der Waals surface area contributed by atoms with Gasteiger partial charge in [-0.2, -0.15) is 0 Å². The van der Waals surface area contributed by atoms with Crippen molar-refractivity contribution in [1.29, 1.82) is 0 Å². The fourth-order valence-electron chi connectivity index (χ4n) is 5.19. The first kappa shape index (κ1) is 51.3. The Morgan fingerprint density at radius 3 is 1.12 bits per heavy atom. The smallest absolute Gasteiger partial charge is 0.284 e. The summed E-state index contributed by atoms with van der Waals surface area (Å²) >= 11 is 0. The zero-order valence-corrected chi connectivity index (χ0v) is 35.0. The number of aliphatic hydroxyl groups is 10. The molecular weight excluding hydrogens is 788 g/mol. The van der Waals surface area contributed by atoms with Crippen molar-refractivity contribution in [2.45, 2.75) is 63.3 Å². The molecular formula is C42H60N2O16. The molecule has 2 unspecified atom stereocenters. The molecule has 4 rings (SSSR count). The lowest BCUT2D eigenvalue weighted by Gasteiger charge is -2.36. The van der Waals surface area contributed by atoms with E-state index in [1.807, 2.05) is 39.8 Å². The minimum atomic E-state index is -3.18. The predicted octanol–water partition coefficient (Wildman–Crippen LogP) is 0.661. The maximum Gasteiger partial charge on any atom is 0.284 e. The Labute approximate surface area is 349 Å². The molecule has 0 bridgehead atoms. The fraction of sp³-hybridized carbons (Fsp3) is 0.429. The van der Waals surface area contributed by atoms with Gasteiger partial charge < -0.3 is 79.5 Å². The van der Waals surface area contributed by atoms with E-state index in [9.17, 15) is 51.1 Å². The number of nitrogens with one attached hydrogen (secondary N) is 2. The Bertz CT molecular complexity index is 1750. The number of ether oxygens (including phenoxy) is 6. The van der Waals surface area contributed by atoms with E-state index in [0.29, 0.717) is 23.0 Å². The van der Waals surface area contributed by atoms with E-state index >= 15 is 0 Å². The first-order valence-corrected chi connectivity index (χ1v) is 18.7. The van der Waals surface area contributed by atoms with Crippen molar-refractivity contribution in [3.05, 3.63) is 107 Å². The molecule has 12 N–H and O–H groups in total. The molecule has 60 heavy (non-hydrogen) atoms. The lowest BCUT2D eigenvalue weighted by molar-refractivity contribution is -0.379. The van der Waals surface area contributed by atoms with E-state index < -0.39 is 48.7 Å². The van der Waals surface area contributed by atoms with Gasteiger partial charge in [0.15, 0.2) is 23.0 Å². The highest BCUT2D eigenvalue weighted by atomic mass is 16.6. The molecule has 18 heteroatoms. The topological polar surface area (TPSA) is 282 Å². The summed E-state index contributed by atoms with van der Waals surface area (Å²) in [7, 11) is 5.53. The van der Waals surface area contributed by atoms with Crippen LogP contribution in [-0.2, 0) is 11.6 Å². The van der Waals surface area contributed by atoms with Gasteiger partial charge in [-0.1, -0.05) is 38.1 Å². The minimum Gasteiger partial charge on any atom is -0.493 e. The third-order valence-corrected chi connectivity index (χ3v) is 8.58. The Morgan fingerprint density at radius 1 is 0.483 bits per heavy atom. The predicted molar refractivity (Wildman–Crippen MR) is 218 cm³/mol. The van der Waals surface area contributed by atoms with Crippen molar-refractivity contribution in [2.24, 2.45) is 0 Å². The molecule has 0 saturated heterocycles. The number of benzene rings is 4. The van der Waals surface area contributed by atoms with Gasteiger partial charge >= 0.3 is 0 Å². The normalized spacial score (nSPS) is 12.8. The van der Waals surface area contributed by atoms with E-state index in [0.717, 1.165) is 11.1 Å². The Kier molecular flexibility index (Phi) is 19.9. The molecule has 334 valence electrons. The first-order valence-electron chi connectivity index (χ1n) is 18.7. The van der Waals surface area contributed by atoms with Crippen LogP contribution < -0.4 is 39.1 Å². The summed E-state index contributed by atoms with van der Waals surface area (Å²) in [5.41, 5.74) is 1.44. The Morgan fingerprint density at radius 2 is 0.817 bits per heavy atom. The summed E-state index contributed by atoms with van der Waals surface area (Å²) in [6, 6.07) is 22.0. The average Bonchev–Trinajstić information content (AvgIpc) is 3.23. The highest BCUT2D eigenvalue weighted by Gasteiger charge is 2.50. The average molecular weight is 849 g/mol. The third-order valence-electron chi connectivity index (χ3n) is 8.58. The van der Waals surface area contributed by atoms with Crippen LogP contribution in [-0.4, -0.2) is 130 Å². The Hall–Kier alpha value is -4.80. The number of hydrogen-bond acceptors (Lipinski definition) is 18. The number of methoxy groups -OCH3 is 4. The van der Waals surface area contributed by atoms with Gasteiger partial charge in [0.1, 0.15) is 36.9 Å². The molecule has 4 aromatic carbocycles. The summed E-state index contributed by atoms with van der Waals surface area (Å²) in [4.78, 5) is 0. The summed E-state index contributed by atoms with van der Waals surface area (Å²) in [5.74, 6) is -10.5. The molecule has 0 radical (unpaired) electrons. The van der Waals surface area contributed by atoms with E-state index in [2.05, 4.69) is 10.6 Å². The minimum absolute atomic E-state index is 0.146. The molecule has 2 atom stereocenters. The van der Waals surface area contributed by atoms with Crippen LogP contribution in [0.25, 0.3) is 0 Å². The van der Waals surface area contributed by atoms with Gasteiger partial charge in [-0.3, -0.25) is 10.6 Å². The summed E-state index contributed by atoms with van der Waals surface area (Å²) in [5, 5.41) is 106. The zero-order chi connectivity index (χ0) is 45.3. The lowest BCUT2D eigenvalue weighted by Crippen LogP contribution is -2.62. The molecule has 0 aliphatic heterocycles. The van der Waals surface area contributed by atoms with Crippen LogP contribution >= 0.6 is 0 Å². The fourth-order valence-corrected chi connectivity index (χ4v) is 5.19. The number of rotatable bonds is 20. The molecule has 4 aromatic rings. The van der Waals surface area contributed by atoms with Crippen molar-refractivity contribution in [1.82, 2.24) is 10.6 Å². The van der Waals surface area contributed by atoms with Crippen LogP contribution in [0.5, 0.6) is 34.5 Å². The summed E-state index contributed by atoms with van der Waals surface area (Å²) < 4.78 is 31.1. The highest BCUT2D eigenvalue weighted by Crippen LogP contribution is 2.36. The van der Waals surface area contributed by atoms with Crippen molar-refractivity contribution >= 4 is 0 Å². The molecule has 0 amide bonds. The number of aliphatic hydroxyl groups excluding tert-OH is 2. The highest BCUT2D eigenvalue weighted by molar-refractivity contribution is 5.45. The number of aryl methyl sites for hydroxylation is 2. The molecule has 0 fully saturated rings. The first-order chi connectivity index (χ1) is 28.2. The zero-order valence-electron chi connectivity index (χ0n) is 35.0. The second kappa shape index (κ2) is 23.3. The van der Waals surface area contributed by atoms with E-state index in [1.165, 1.54) is 64.8 Å². The van der Waals surface area contributed by atoms with Crippen molar-refractivity contribution in [2.75, 3.05) is 54.7 Å². The van der Waals surface area contributed by atoms with Crippen molar-refractivity contribution < 1.29 is 79.5 Å². The van der Waals surface area contributed by atoms with Crippen LogP contribution in [0.2, 0.25) is 0 Å². The SMILES string of the molecule is CC.COc1ccc(C(O)(O)C(O)(O)NCC(O)COc2cccc(C)c2)cc1OC.COc1ccc(C(O)(O)C(O)(O)NCC(O)COc2cccc(C)c2)cc1OC. The molecule has 0 spiro atoms. The van der Waals surface area contributed by atoms with Gasteiger partial charge in [-0.15, -0.1) is 0 Å². The molecule has 0 aliphatic rings. The maximum absolute atomic E-state index is 10.3. The van der Waals surface area contributed by atoms with E-state index in [4.69, 9.17) is 28.4 Å². The van der Waals surface area contributed by atoms with E-state index in [-0.39, 0.29) is 35.8 Å². The molecule has 0 aromatic heterocycles. The van der Waals surface area contributed by atoms with Gasteiger partial charge in [0.2, 0.25) is 0 Å².